The van der Waals surface area contributed by atoms with Gasteiger partial charge in [-0.1, -0.05) is 38.8 Å². The molecule has 4 nitrogen and oxygen atoms in total. The van der Waals surface area contributed by atoms with Gasteiger partial charge in [-0.05, 0) is 48.9 Å². The lowest BCUT2D eigenvalue weighted by molar-refractivity contribution is 0.296. The summed E-state index contributed by atoms with van der Waals surface area (Å²) in [6.07, 6.45) is 4.10. The molecule has 0 heterocycles. The van der Waals surface area contributed by atoms with Gasteiger partial charge in [0.05, 0.1) is 4.90 Å². The van der Waals surface area contributed by atoms with Gasteiger partial charge in [0.25, 0.3) is 0 Å². The summed E-state index contributed by atoms with van der Waals surface area (Å²) >= 11 is 0. The van der Waals surface area contributed by atoms with E-state index in [4.69, 9.17) is 5.73 Å². The highest BCUT2D eigenvalue weighted by Gasteiger charge is 2.28. The molecule has 0 bridgehead atoms. The molecule has 1 aromatic rings. The van der Waals surface area contributed by atoms with Crippen molar-refractivity contribution < 1.29 is 8.42 Å². The van der Waals surface area contributed by atoms with E-state index < -0.39 is 10.0 Å². The van der Waals surface area contributed by atoms with E-state index in [0.29, 0.717) is 17.4 Å². The van der Waals surface area contributed by atoms with Crippen LogP contribution >= 0.6 is 12.4 Å². The Morgan fingerprint density at radius 1 is 1.18 bits per heavy atom. The maximum Gasteiger partial charge on any atom is 0.240 e. The Kier molecular flexibility index (Phi) is 7.32. The lowest BCUT2D eigenvalue weighted by Crippen LogP contribution is -2.44. The molecule has 6 heteroatoms. The van der Waals surface area contributed by atoms with Crippen LogP contribution in [0.5, 0.6) is 0 Å². The van der Waals surface area contributed by atoms with Crippen LogP contribution in [0.4, 0.5) is 0 Å². The van der Waals surface area contributed by atoms with Gasteiger partial charge in [0.1, 0.15) is 0 Å². The van der Waals surface area contributed by atoms with Gasteiger partial charge < -0.3 is 5.73 Å². The van der Waals surface area contributed by atoms with Crippen molar-refractivity contribution >= 4 is 22.4 Å². The maximum atomic E-state index is 12.5. The minimum atomic E-state index is -3.45. The second-order valence-corrected chi connectivity index (χ2v) is 7.95. The Morgan fingerprint density at radius 3 is 2.32 bits per heavy atom. The molecular weight excluding hydrogens is 320 g/mol. The first-order valence-electron chi connectivity index (χ1n) is 7.76. The summed E-state index contributed by atoms with van der Waals surface area (Å²) in [6, 6.07) is 7.13. The summed E-state index contributed by atoms with van der Waals surface area (Å²) in [5.41, 5.74) is 6.91. The molecule has 1 aliphatic carbocycles. The molecule has 126 valence electrons. The van der Waals surface area contributed by atoms with Crippen LogP contribution in [0.1, 0.15) is 51.0 Å². The van der Waals surface area contributed by atoms with E-state index >= 15 is 0 Å². The van der Waals surface area contributed by atoms with Crippen LogP contribution in [0.2, 0.25) is 0 Å². The van der Waals surface area contributed by atoms with Gasteiger partial charge >= 0.3 is 0 Å². The van der Waals surface area contributed by atoms with Crippen LogP contribution in [0, 0.1) is 5.92 Å². The molecule has 22 heavy (non-hydrogen) atoms. The molecule has 1 fully saturated rings. The number of rotatable bonds is 5. The van der Waals surface area contributed by atoms with E-state index in [9.17, 15) is 8.42 Å². The first-order valence-corrected chi connectivity index (χ1v) is 9.24. The number of halogens is 1. The zero-order valence-electron chi connectivity index (χ0n) is 13.3. The van der Waals surface area contributed by atoms with Crippen molar-refractivity contribution in [3.05, 3.63) is 29.8 Å². The Morgan fingerprint density at radius 2 is 1.77 bits per heavy atom. The number of sulfonamides is 1. The van der Waals surface area contributed by atoms with Crippen molar-refractivity contribution in [3.63, 3.8) is 0 Å². The minimum Gasteiger partial charge on any atom is -0.330 e. The average molecular weight is 347 g/mol. The van der Waals surface area contributed by atoms with Gasteiger partial charge in [-0.15, -0.1) is 12.4 Å². The van der Waals surface area contributed by atoms with E-state index in [1.165, 1.54) is 0 Å². The lowest BCUT2D eigenvalue weighted by atomic mass is 9.85. The van der Waals surface area contributed by atoms with E-state index in [2.05, 4.69) is 18.6 Å². The van der Waals surface area contributed by atoms with Gasteiger partial charge in [0.2, 0.25) is 10.0 Å². The molecule has 0 aliphatic heterocycles. The summed E-state index contributed by atoms with van der Waals surface area (Å²) in [5, 5.41) is 0. The summed E-state index contributed by atoms with van der Waals surface area (Å²) in [4.78, 5) is 0.341. The molecular formula is C16H27ClN2O2S. The topological polar surface area (TPSA) is 72.2 Å². The number of nitrogens with one attached hydrogen (secondary N) is 1. The fraction of sp³-hybridized carbons (Fsp3) is 0.625. The summed E-state index contributed by atoms with van der Waals surface area (Å²) in [6.45, 7) is 4.73. The molecule has 1 saturated carbocycles. The Bertz CT molecular complexity index is 558. The van der Waals surface area contributed by atoms with Gasteiger partial charge in [-0.25, -0.2) is 13.1 Å². The van der Waals surface area contributed by atoms with E-state index in [1.54, 1.807) is 12.1 Å². The third-order valence-electron chi connectivity index (χ3n) is 4.38. The highest BCUT2D eigenvalue weighted by atomic mass is 35.5. The monoisotopic (exact) mass is 346 g/mol. The fourth-order valence-electron chi connectivity index (χ4n) is 2.94. The van der Waals surface area contributed by atoms with Crippen LogP contribution in [0.3, 0.4) is 0 Å². The fourth-order valence-corrected chi connectivity index (χ4v) is 4.28. The van der Waals surface area contributed by atoms with Crippen molar-refractivity contribution in [3.8, 4) is 0 Å². The molecule has 1 aliphatic rings. The van der Waals surface area contributed by atoms with Gasteiger partial charge in [-0.3, -0.25) is 0 Å². The summed E-state index contributed by atoms with van der Waals surface area (Å²) in [7, 11) is -3.45. The second kappa shape index (κ2) is 8.29. The van der Waals surface area contributed by atoms with Crippen LogP contribution < -0.4 is 10.5 Å². The highest BCUT2D eigenvalue weighted by molar-refractivity contribution is 7.89. The number of hydrogen-bond acceptors (Lipinski definition) is 3. The van der Waals surface area contributed by atoms with Crippen molar-refractivity contribution in [2.45, 2.75) is 56.4 Å². The molecule has 0 saturated heterocycles. The molecule has 1 aromatic carbocycles. The largest absolute Gasteiger partial charge is 0.330 e. The van der Waals surface area contributed by atoms with Crippen molar-refractivity contribution in [2.24, 2.45) is 11.7 Å². The third-order valence-corrected chi connectivity index (χ3v) is 5.88. The molecule has 0 spiro atoms. The first-order chi connectivity index (χ1) is 9.94. The third kappa shape index (κ3) is 4.69. The molecule has 2 rings (SSSR count). The number of hydrogen-bond donors (Lipinski definition) is 2. The van der Waals surface area contributed by atoms with Crippen LogP contribution in [0.15, 0.2) is 29.2 Å². The molecule has 0 aromatic heterocycles. The second-order valence-electron chi connectivity index (χ2n) is 6.23. The lowest BCUT2D eigenvalue weighted by Gasteiger charge is -2.31. The summed E-state index contributed by atoms with van der Waals surface area (Å²) < 4.78 is 27.8. The molecule has 0 amide bonds. The predicted octanol–water partition coefficient (Wildman–Crippen LogP) is 3.03. The van der Waals surface area contributed by atoms with Crippen molar-refractivity contribution in [2.75, 3.05) is 6.54 Å². The SMILES string of the molecule is CC(C)c1ccc(S(=O)(=O)NC2CCCCC2CN)cc1.Cl. The van der Waals surface area contributed by atoms with Crippen LogP contribution in [-0.2, 0) is 10.0 Å². The van der Waals surface area contributed by atoms with E-state index in [0.717, 1.165) is 31.2 Å². The van der Waals surface area contributed by atoms with Crippen molar-refractivity contribution in [1.29, 1.82) is 0 Å². The zero-order chi connectivity index (χ0) is 15.5. The minimum absolute atomic E-state index is 0. The van der Waals surface area contributed by atoms with Crippen molar-refractivity contribution in [1.82, 2.24) is 4.72 Å². The Labute approximate surface area is 140 Å². The van der Waals surface area contributed by atoms with Gasteiger partial charge in [0, 0.05) is 6.04 Å². The standard InChI is InChI=1S/C16H26N2O2S.ClH/c1-12(2)13-7-9-15(10-8-13)21(19,20)18-16-6-4-3-5-14(16)11-17;/h7-10,12,14,16,18H,3-6,11,17H2,1-2H3;1H. The van der Waals surface area contributed by atoms with Gasteiger partial charge in [-0.2, -0.15) is 0 Å². The van der Waals surface area contributed by atoms with Crippen LogP contribution in [0.25, 0.3) is 0 Å². The maximum absolute atomic E-state index is 12.5. The quantitative estimate of drug-likeness (QED) is 0.860. The smallest absolute Gasteiger partial charge is 0.240 e. The van der Waals surface area contributed by atoms with Crippen LogP contribution in [-0.4, -0.2) is 21.0 Å². The molecule has 2 atom stereocenters. The number of benzene rings is 1. The zero-order valence-corrected chi connectivity index (χ0v) is 14.9. The summed E-state index contributed by atoms with van der Waals surface area (Å²) in [5.74, 6) is 0.651. The highest BCUT2D eigenvalue weighted by Crippen LogP contribution is 2.25. The molecule has 2 unspecified atom stereocenters. The van der Waals surface area contributed by atoms with Gasteiger partial charge in [0.15, 0.2) is 0 Å². The van der Waals surface area contributed by atoms with E-state index in [1.807, 2.05) is 12.1 Å². The average Bonchev–Trinajstić information content (AvgIpc) is 2.47. The van der Waals surface area contributed by atoms with E-state index in [-0.39, 0.29) is 24.4 Å². The normalized spacial score (nSPS) is 22.4. The Balaban J connectivity index is 0.00000242. The predicted molar refractivity (Wildman–Crippen MR) is 92.9 cm³/mol. The number of nitrogens with two attached hydrogens (primary N) is 1. The molecule has 0 radical (unpaired) electrons. The first kappa shape index (κ1) is 19.4. The molecule has 3 N–H and O–H groups in total. The Hall–Kier alpha value is -0.620.